The van der Waals surface area contributed by atoms with Crippen molar-refractivity contribution in [1.82, 2.24) is 9.80 Å². The Labute approximate surface area is 203 Å². The number of carbonyl (C=O) groups is 1. The molecular formula is C25H28FN3O5S. The van der Waals surface area contributed by atoms with Crippen LogP contribution in [0.15, 0.2) is 59.5 Å². The fourth-order valence-electron chi connectivity index (χ4n) is 4.49. The third kappa shape index (κ3) is 5.39. The molecular weight excluding hydrogens is 473 g/mol. The molecule has 1 saturated heterocycles. The van der Waals surface area contributed by atoms with E-state index in [0.717, 1.165) is 11.6 Å². The lowest BCUT2D eigenvalue weighted by Crippen LogP contribution is -2.58. The molecule has 0 spiro atoms. The van der Waals surface area contributed by atoms with Gasteiger partial charge in [0.25, 0.3) is 16.0 Å². The van der Waals surface area contributed by atoms with Crippen LogP contribution in [0.25, 0.3) is 10.8 Å². The fourth-order valence-corrected chi connectivity index (χ4v) is 5.20. The van der Waals surface area contributed by atoms with Crippen LogP contribution in [-0.4, -0.2) is 60.5 Å². The number of amides is 1. The zero-order valence-electron chi connectivity index (χ0n) is 19.5. The van der Waals surface area contributed by atoms with Crippen LogP contribution < -0.4 is 10.5 Å². The predicted molar refractivity (Wildman–Crippen MR) is 131 cm³/mol. The van der Waals surface area contributed by atoms with E-state index >= 15 is 0 Å². The Bertz CT molecular complexity index is 1350. The molecule has 0 bridgehead atoms. The highest BCUT2D eigenvalue weighted by Gasteiger charge is 2.32. The van der Waals surface area contributed by atoms with Crippen molar-refractivity contribution < 1.29 is 26.9 Å². The fraction of sp³-hybridized carbons (Fsp3) is 0.320. The molecule has 8 nitrogen and oxygen atoms in total. The Morgan fingerprint density at radius 2 is 1.74 bits per heavy atom. The summed E-state index contributed by atoms with van der Waals surface area (Å²) in [6.07, 6.45) is 0. The smallest absolute Gasteiger partial charge is 0.295 e. The number of piperazine rings is 1. The van der Waals surface area contributed by atoms with Crippen molar-refractivity contribution in [2.45, 2.75) is 37.4 Å². The molecule has 1 aliphatic rings. The molecule has 10 heteroatoms. The van der Waals surface area contributed by atoms with E-state index in [9.17, 15) is 22.2 Å². The highest BCUT2D eigenvalue weighted by Crippen LogP contribution is 2.36. The first-order valence-corrected chi connectivity index (χ1v) is 12.7. The standard InChI is InChI=1S/C25H28FN3O5S/c1-16-13-29(17(2)12-28(16)14-18-7-9-19(26)10-8-18)24(30)15-34-22-11-23(35(31,32)33)20-5-3-4-6-21(20)25(22)27/h3-11,16-17H,12-15,27H2,1-2H3,(H,31,32,33)/t16-,17+/m1/s1. The molecule has 1 heterocycles. The molecule has 3 aromatic rings. The predicted octanol–water partition coefficient (Wildman–Crippen LogP) is 3.31. The highest BCUT2D eigenvalue weighted by atomic mass is 32.2. The van der Waals surface area contributed by atoms with E-state index in [1.54, 1.807) is 35.2 Å². The van der Waals surface area contributed by atoms with Crippen LogP contribution in [-0.2, 0) is 21.5 Å². The molecule has 0 unspecified atom stereocenters. The van der Waals surface area contributed by atoms with Crippen molar-refractivity contribution in [3.63, 3.8) is 0 Å². The van der Waals surface area contributed by atoms with Gasteiger partial charge in [0, 0.05) is 48.6 Å². The maximum Gasteiger partial charge on any atom is 0.295 e. The third-order valence-electron chi connectivity index (χ3n) is 6.37. The van der Waals surface area contributed by atoms with Crippen LogP contribution in [0.4, 0.5) is 10.1 Å². The maximum atomic E-state index is 13.2. The minimum atomic E-state index is -4.54. The Hall–Kier alpha value is -3.21. The Balaban J connectivity index is 1.46. The van der Waals surface area contributed by atoms with E-state index in [2.05, 4.69) is 4.90 Å². The normalized spacial score (nSPS) is 19.1. The number of nitrogens with zero attached hydrogens (tertiary/aromatic N) is 2. The average Bonchev–Trinajstić information content (AvgIpc) is 2.81. The molecule has 0 saturated carbocycles. The molecule has 0 aromatic heterocycles. The molecule has 1 aliphatic heterocycles. The monoisotopic (exact) mass is 501 g/mol. The lowest BCUT2D eigenvalue weighted by atomic mass is 10.1. The molecule has 1 amide bonds. The lowest BCUT2D eigenvalue weighted by Gasteiger charge is -2.44. The van der Waals surface area contributed by atoms with Crippen molar-refractivity contribution in [1.29, 1.82) is 0 Å². The maximum absolute atomic E-state index is 13.2. The second-order valence-electron chi connectivity index (χ2n) is 8.90. The Morgan fingerprint density at radius 3 is 2.40 bits per heavy atom. The summed E-state index contributed by atoms with van der Waals surface area (Å²) in [6.45, 7) is 5.40. The molecule has 35 heavy (non-hydrogen) atoms. The second-order valence-corrected chi connectivity index (χ2v) is 10.3. The summed E-state index contributed by atoms with van der Waals surface area (Å²) < 4.78 is 52.4. The van der Waals surface area contributed by atoms with E-state index in [0.29, 0.717) is 25.0 Å². The number of nitrogens with two attached hydrogens (primary N) is 1. The SMILES string of the molecule is C[C@@H]1CN(C(=O)COc2cc(S(=O)(=O)O)c3ccccc3c2N)[C@@H](C)CN1Cc1ccc(F)cc1. The van der Waals surface area contributed by atoms with E-state index < -0.39 is 10.1 Å². The summed E-state index contributed by atoms with van der Waals surface area (Å²) >= 11 is 0. The lowest BCUT2D eigenvalue weighted by molar-refractivity contribution is -0.139. The van der Waals surface area contributed by atoms with Crippen molar-refractivity contribution >= 4 is 32.5 Å². The molecule has 4 rings (SSSR count). The van der Waals surface area contributed by atoms with E-state index in [-0.39, 0.29) is 52.1 Å². The number of rotatable bonds is 6. The number of carbonyl (C=O) groups excluding carboxylic acids is 1. The van der Waals surface area contributed by atoms with Gasteiger partial charge in [0.15, 0.2) is 6.61 Å². The number of fused-ring (bicyclic) bond motifs is 1. The largest absolute Gasteiger partial charge is 0.482 e. The van der Waals surface area contributed by atoms with Gasteiger partial charge < -0.3 is 15.4 Å². The first-order valence-electron chi connectivity index (χ1n) is 11.2. The highest BCUT2D eigenvalue weighted by molar-refractivity contribution is 7.86. The number of nitrogen functional groups attached to an aromatic ring is 1. The number of ether oxygens (including phenoxy) is 1. The van der Waals surface area contributed by atoms with Crippen LogP contribution in [0.2, 0.25) is 0 Å². The Kier molecular flexibility index (Phi) is 6.98. The summed E-state index contributed by atoms with van der Waals surface area (Å²) in [4.78, 5) is 16.7. The molecule has 3 aromatic carbocycles. The summed E-state index contributed by atoms with van der Waals surface area (Å²) in [5.41, 5.74) is 7.37. The summed E-state index contributed by atoms with van der Waals surface area (Å²) in [6, 6.07) is 14.0. The van der Waals surface area contributed by atoms with Crippen LogP contribution >= 0.6 is 0 Å². The van der Waals surface area contributed by atoms with Crippen molar-refractivity contribution in [3.05, 3.63) is 66.0 Å². The van der Waals surface area contributed by atoms with Crippen LogP contribution in [0.1, 0.15) is 19.4 Å². The topological polar surface area (TPSA) is 113 Å². The van der Waals surface area contributed by atoms with Crippen molar-refractivity contribution in [2.24, 2.45) is 0 Å². The quantitative estimate of drug-likeness (QED) is 0.394. The van der Waals surface area contributed by atoms with Gasteiger partial charge in [-0.3, -0.25) is 14.2 Å². The van der Waals surface area contributed by atoms with Gasteiger partial charge in [-0.25, -0.2) is 4.39 Å². The molecule has 2 atom stereocenters. The van der Waals surface area contributed by atoms with Crippen molar-refractivity contribution in [3.8, 4) is 5.75 Å². The number of anilines is 1. The van der Waals surface area contributed by atoms with Gasteiger partial charge in [0.2, 0.25) is 0 Å². The number of benzene rings is 3. The average molecular weight is 502 g/mol. The van der Waals surface area contributed by atoms with Gasteiger partial charge in [-0.15, -0.1) is 0 Å². The van der Waals surface area contributed by atoms with E-state index in [1.807, 2.05) is 13.8 Å². The van der Waals surface area contributed by atoms with Gasteiger partial charge in [-0.1, -0.05) is 36.4 Å². The number of hydrogen-bond acceptors (Lipinski definition) is 6. The molecule has 1 fully saturated rings. The minimum absolute atomic E-state index is 0.0142. The first kappa shape index (κ1) is 24.9. The van der Waals surface area contributed by atoms with Crippen LogP contribution in [0.3, 0.4) is 0 Å². The number of halogens is 1. The van der Waals surface area contributed by atoms with Crippen LogP contribution in [0.5, 0.6) is 5.75 Å². The van der Waals surface area contributed by atoms with Gasteiger partial charge in [-0.2, -0.15) is 8.42 Å². The molecule has 186 valence electrons. The summed E-state index contributed by atoms with van der Waals surface area (Å²) in [5.74, 6) is -0.520. The first-order chi connectivity index (χ1) is 16.5. The van der Waals surface area contributed by atoms with Gasteiger partial charge in [0.1, 0.15) is 16.5 Å². The summed E-state index contributed by atoms with van der Waals surface area (Å²) in [5, 5.41) is 0.673. The second kappa shape index (κ2) is 9.80. The van der Waals surface area contributed by atoms with Crippen molar-refractivity contribution in [2.75, 3.05) is 25.4 Å². The zero-order valence-corrected chi connectivity index (χ0v) is 20.3. The minimum Gasteiger partial charge on any atom is -0.482 e. The summed E-state index contributed by atoms with van der Waals surface area (Å²) in [7, 11) is -4.54. The zero-order chi connectivity index (χ0) is 25.3. The van der Waals surface area contributed by atoms with Crippen LogP contribution in [0, 0.1) is 5.82 Å². The molecule has 0 aliphatic carbocycles. The molecule has 3 N–H and O–H groups in total. The van der Waals surface area contributed by atoms with E-state index in [4.69, 9.17) is 10.5 Å². The third-order valence-corrected chi connectivity index (χ3v) is 7.27. The van der Waals surface area contributed by atoms with Gasteiger partial charge in [0.05, 0.1) is 5.69 Å². The molecule has 0 radical (unpaired) electrons. The van der Waals surface area contributed by atoms with Gasteiger partial charge >= 0.3 is 0 Å². The number of hydrogen-bond donors (Lipinski definition) is 2. The van der Waals surface area contributed by atoms with Gasteiger partial charge in [-0.05, 0) is 31.5 Å². The van der Waals surface area contributed by atoms with E-state index in [1.165, 1.54) is 18.2 Å². The Morgan fingerprint density at radius 1 is 1.09 bits per heavy atom.